The molecule has 1 N–H and O–H groups in total. The molecule has 1 rings (SSSR count). The molecule has 1 aliphatic rings. The van der Waals surface area contributed by atoms with Gasteiger partial charge in [-0.15, -0.1) is 0 Å². The zero-order valence-electron chi connectivity index (χ0n) is 7.75. The Morgan fingerprint density at radius 3 is 2.73 bits per heavy atom. The molecule has 0 heterocycles. The van der Waals surface area contributed by atoms with Crippen LogP contribution in [0.15, 0.2) is 20.8 Å². The van der Waals surface area contributed by atoms with E-state index in [9.17, 15) is 9.90 Å². The first-order chi connectivity index (χ1) is 6.96. The first kappa shape index (κ1) is 12.4. The largest absolute Gasteiger partial charge is 0.494 e. The van der Waals surface area contributed by atoms with Crippen molar-refractivity contribution >= 4 is 37.6 Å². The van der Waals surface area contributed by atoms with Crippen molar-refractivity contribution in [2.24, 2.45) is 0 Å². The number of allylic oxidation sites excluding steroid dienone is 1. The Morgan fingerprint density at radius 2 is 2.27 bits per heavy atom. The number of carbonyl (C=O) groups is 1. The lowest BCUT2D eigenvalue weighted by atomic mass is 9.90. The molecule has 1 atom stereocenters. The normalized spacial score (nSPS) is 26.1. The Bertz CT molecular complexity index is 408. The van der Waals surface area contributed by atoms with E-state index in [-0.39, 0.29) is 10.9 Å². The Morgan fingerprint density at radius 1 is 1.67 bits per heavy atom. The minimum absolute atomic E-state index is 0.122. The van der Waals surface area contributed by atoms with E-state index >= 15 is 0 Å². The van der Waals surface area contributed by atoms with Crippen LogP contribution in [0.2, 0.25) is 0 Å². The molecule has 6 heteroatoms. The van der Waals surface area contributed by atoms with Gasteiger partial charge in [0.15, 0.2) is 11.4 Å². The van der Waals surface area contributed by atoms with Crippen LogP contribution >= 0.6 is 31.9 Å². The highest BCUT2D eigenvalue weighted by Crippen LogP contribution is 2.36. The molecule has 0 saturated carbocycles. The third-order valence-corrected chi connectivity index (χ3v) is 3.24. The molecule has 0 bridgehead atoms. The van der Waals surface area contributed by atoms with Crippen molar-refractivity contribution in [2.45, 2.75) is 12.0 Å². The summed E-state index contributed by atoms with van der Waals surface area (Å²) in [5.74, 6) is -0.272. The molecule has 0 fully saturated rings. The summed E-state index contributed by atoms with van der Waals surface area (Å²) < 4.78 is 5.52. The molecule has 15 heavy (non-hydrogen) atoms. The first-order valence-corrected chi connectivity index (χ1v) is 5.51. The number of hydrogen-bond donors (Lipinski definition) is 1. The molecule has 4 nitrogen and oxygen atoms in total. The van der Waals surface area contributed by atoms with E-state index in [0.717, 1.165) is 0 Å². The number of methoxy groups -OCH3 is 1. The van der Waals surface area contributed by atoms with Crippen LogP contribution in [0.1, 0.15) is 6.42 Å². The first-order valence-electron chi connectivity index (χ1n) is 3.93. The molecule has 0 radical (unpaired) electrons. The molecular weight excluding hydrogens is 330 g/mol. The quantitative estimate of drug-likeness (QED) is 0.834. The van der Waals surface area contributed by atoms with Gasteiger partial charge in [-0.1, -0.05) is 0 Å². The van der Waals surface area contributed by atoms with Gasteiger partial charge in [0, 0.05) is 0 Å². The zero-order valence-corrected chi connectivity index (χ0v) is 10.9. The highest BCUT2D eigenvalue weighted by atomic mass is 79.9. The van der Waals surface area contributed by atoms with E-state index in [0.29, 0.717) is 10.2 Å². The fourth-order valence-corrected chi connectivity index (χ4v) is 2.90. The van der Waals surface area contributed by atoms with E-state index in [1.165, 1.54) is 13.2 Å². The van der Waals surface area contributed by atoms with Crippen molar-refractivity contribution in [3.63, 3.8) is 0 Å². The van der Waals surface area contributed by atoms with Gasteiger partial charge in [-0.25, -0.2) is 0 Å². The van der Waals surface area contributed by atoms with Gasteiger partial charge in [0.05, 0.1) is 24.1 Å². The van der Waals surface area contributed by atoms with Crippen LogP contribution in [0.5, 0.6) is 0 Å². The number of ether oxygens (including phenoxy) is 1. The summed E-state index contributed by atoms with van der Waals surface area (Å²) in [7, 11) is 1.41. The number of aliphatic hydroxyl groups is 1. The molecule has 0 saturated heterocycles. The summed E-state index contributed by atoms with van der Waals surface area (Å²) >= 11 is 6.19. The molecule has 0 aliphatic heterocycles. The van der Waals surface area contributed by atoms with Gasteiger partial charge in [0.2, 0.25) is 5.78 Å². The summed E-state index contributed by atoms with van der Waals surface area (Å²) in [6.07, 6.45) is 0.967. The van der Waals surface area contributed by atoms with Crippen molar-refractivity contribution in [2.75, 3.05) is 7.11 Å². The van der Waals surface area contributed by atoms with Gasteiger partial charge in [0.1, 0.15) is 4.48 Å². The van der Waals surface area contributed by atoms with Crippen LogP contribution in [0, 0.1) is 11.3 Å². The minimum atomic E-state index is -1.78. The second-order valence-electron chi connectivity index (χ2n) is 2.93. The lowest BCUT2D eigenvalue weighted by Crippen LogP contribution is -2.39. The fraction of sp³-hybridized carbons (Fsp3) is 0.333. The summed E-state index contributed by atoms with van der Waals surface area (Å²) in [5.41, 5.74) is -1.78. The Balaban J connectivity index is 3.22. The SMILES string of the molecule is COC1=C(Br)C(=O)C(O)(CC#N)C=C1Br. The van der Waals surface area contributed by atoms with Crippen molar-refractivity contribution in [3.8, 4) is 6.07 Å². The standard InChI is InChI=1S/C9H7Br2NO3/c1-15-7-5(10)4-9(14,2-3-12)8(13)6(7)11/h4,14H,2H2,1H3. The molecule has 0 aromatic heterocycles. The van der Waals surface area contributed by atoms with E-state index in [2.05, 4.69) is 31.9 Å². The average molecular weight is 337 g/mol. The van der Waals surface area contributed by atoms with Gasteiger partial charge < -0.3 is 9.84 Å². The minimum Gasteiger partial charge on any atom is -0.494 e. The second-order valence-corrected chi connectivity index (χ2v) is 4.58. The van der Waals surface area contributed by atoms with Gasteiger partial charge in [-0.3, -0.25) is 4.79 Å². The number of nitrogens with zero attached hydrogens (tertiary/aromatic N) is 1. The maximum Gasteiger partial charge on any atom is 0.210 e. The molecule has 1 unspecified atom stereocenters. The predicted octanol–water partition coefficient (Wildman–Crippen LogP) is 1.75. The monoisotopic (exact) mass is 335 g/mol. The number of hydrogen-bond acceptors (Lipinski definition) is 4. The van der Waals surface area contributed by atoms with Crippen LogP contribution < -0.4 is 0 Å². The molecule has 1 aliphatic carbocycles. The topological polar surface area (TPSA) is 70.3 Å². The molecule has 0 aromatic rings. The van der Waals surface area contributed by atoms with Crippen molar-refractivity contribution in [3.05, 3.63) is 20.8 Å². The summed E-state index contributed by atoms with van der Waals surface area (Å²) in [4.78, 5) is 11.7. The number of rotatable bonds is 2. The summed E-state index contributed by atoms with van der Waals surface area (Å²) in [5, 5.41) is 18.4. The Labute approximate surface area is 103 Å². The summed E-state index contributed by atoms with van der Waals surface area (Å²) in [6, 6.07) is 1.76. The molecule has 0 aromatic carbocycles. The van der Waals surface area contributed by atoms with Gasteiger partial charge in [-0.05, 0) is 37.9 Å². The van der Waals surface area contributed by atoms with Crippen molar-refractivity contribution in [1.82, 2.24) is 0 Å². The number of carbonyl (C=O) groups excluding carboxylic acids is 1. The van der Waals surface area contributed by atoms with Crippen LogP contribution in [-0.4, -0.2) is 23.6 Å². The van der Waals surface area contributed by atoms with Gasteiger partial charge >= 0.3 is 0 Å². The third-order valence-electron chi connectivity index (χ3n) is 1.93. The average Bonchev–Trinajstić information content (AvgIpc) is 2.15. The van der Waals surface area contributed by atoms with Crippen LogP contribution in [0.25, 0.3) is 0 Å². The smallest absolute Gasteiger partial charge is 0.210 e. The Kier molecular flexibility index (Phi) is 3.71. The van der Waals surface area contributed by atoms with E-state index in [1.54, 1.807) is 6.07 Å². The number of Topliss-reactive ketones (excluding diaryl/α,β-unsaturated/α-hetero) is 1. The van der Waals surface area contributed by atoms with E-state index in [4.69, 9.17) is 10.00 Å². The highest BCUT2D eigenvalue weighted by Gasteiger charge is 2.41. The second kappa shape index (κ2) is 4.47. The van der Waals surface area contributed by atoms with E-state index < -0.39 is 11.4 Å². The lowest BCUT2D eigenvalue weighted by molar-refractivity contribution is -0.128. The number of ketones is 1. The fourth-order valence-electron chi connectivity index (χ4n) is 1.18. The zero-order chi connectivity index (χ0) is 11.6. The van der Waals surface area contributed by atoms with Crippen LogP contribution in [0.3, 0.4) is 0 Å². The highest BCUT2D eigenvalue weighted by molar-refractivity contribution is 9.12. The lowest BCUT2D eigenvalue weighted by Gasteiger charge is -2.25. The van der Waals surface area contributed by atoms with Gasteiger partial charge in [0.25, 0.3) is 0 Å². The Hall–Kier alpha value is -0.640. The molecule has 80 valence electrons. The van der Waals surface area contributed by atoms with Gasteiger partial charge in [-0.2, -0.15) is 5.26 Å². The van der Waals surface area contributed by atoms with Crippen molar-refractivity contribution < 1.29 is 14.6 Å². The van der Waals surface area contributed by atoms with Crippen LogP contribution in [-0.2, 0) is 9.53 Å². The summed E-state index contributed by atoms with van der Waals surface area (Å²) in [6.45, 7) is 0. The molecule has 0 amide bonds. The third kappa shape index (κ3) is 2.14. The van der Waals surface area contributed by atoms with Crippen molar-refractivity contribution in [1.29, 1.82) is 5.26 Å². The molecular formula is C9H7Br2NO3. The molecule has 0 spiro atoms. The number of nitriles is 1. The van der Waals surface area contributed by atoms with Crippen LogP contribution in [0.4, 0.5) is 0 Å². The maximum absolute atomic E-state index is 11.7. The van der Waals surface area contributed by atoms with E-state index in [1.807, 2.05) is 0 Å². The predicted molar refractivity (Wildman–Crippen MR) is 60.2 cm³/mol. The maximum atomic E-state index is 11.7. The number of halogens is 2.